The predicted octanol–water partition coefficient (Wildman–Crippen LogP) is 5.15. The third-order valence-electron chi connectivity index (χ3n) is 5.47. The first-order chi connectivity index (χ1) is 14.2. The number of hydrogen-bond acceptors (Lipinski definition) is 4. The van der Waals surface area contributed by atoms with E-state index in [0.717, 1.165) is 46.3 Å². The first kappa shape index (κ1) is 17.5. The average molecular weight is 382 g/mol. The van der Waals surface area contributed by atoms with Crippen LogP contribution in [0.1, 0.15) is 24.4 Å². The highest BCUT2D eigenvalue weighted by Crippen LogP contribution is 2.42. The molecule has 2 aromatic heterocycles. The normalized spacial score (nSPS) is 14.1. The summed E-state index contributed by atoms with van der Waals surface area (Å²) in [6.07, 6.45) is 5.63. The monoisotopic (exact) mass is 382 g/mol. The van der Waals surface area contributed by atoms with Gasteiger partial charge in [-0.3, -0.25) is 0 Å². The SMILES string of the molecule is C=C1CC(n2cc(-c3cccc(OCc4ccccc4)c3)c3c(N)ncnc32)C1. The molecule has 1 aliphatic rings. The van der Waals surface area contributed by atoms with Crippen molar-refractivity contribution in [1.29, 1.82) is 0 Å². The standard InChI is InChI=1S/C24H22N4O/c1-16-10-19(11-16)28-13-21(22-23(25)26-15-27-24(22)28)18-8-5-9-20(12-18)29-14-17-6-3-2-4-7-17/h2-9,12-13,15,19H,1,10-11,14H2,(H2,25,26,27). The number of nitrogens with zero attached hydrogens (tertiary/aromatic N) is 3. The van der Waals surface area contributed by atoms with Gasteiger partial charge in [0, 0.05) is 17.8 Å². The Kier molecular flexibility index (Phi) is 4.28. The third kappa shape index (κ3) is 3.25. The summed E-state index contributed by atoms with van der Waals surface area (Å²) in [5.41, 5.74) is 11.6. The second-order valence-electron chi connectivity index (χ2n) is 7.52. The number of rotatable bonds is 5. The van der Waals surface area contributed by atoms with Crippen LogP contribution in [0, 0.1) is 0 Å². The van der Waals surface area contributed by atoms with Gasteiger partial charge in [-0.1, -0.05) is 54.6 Å². The molecule has 2 aromatic carbocycles. The minimum Gasteiger partial charge on any atom is -0.489 e. The number of ether oxygens (including phenoxy) is 1. The maximum atomic E-state index is 6.25. The molecule has 5 heteroatoms. The van der Waals surface area contributed by atoms with Crippen LogP contribution in [0.2, 0.25) is 0 Å². The van der Waals surface area contributed by atoms with Crippen LogP contribution < -0.4 is 10.5 Å². The van der Waals surface area contributed by atoms with Gasteiger partial charge in [0.05, 0.1) is 5.39 Å². The third-order valence-corrected chi connectivity index (χ3v) is 5.47. The highest BCUT2D eigenvalue weighted by Gasteiger charge is 2.27. The number of anilines is 1. The number of aromatic nitrogens is 3. The second-order valence-corrected chi connectivity index (χ2v) is 7.52. The zero-order chi connectivity index (χ0) is 19.8. The van der Waals surface area contributed by atoms with Crippen molar-refractivity contribution in [2.45, 2.75) is 25.5 Å². The van der Waals surface area contributed by atoms with Crippen molar-refractivity contribution in [3.05, 3.63) is 84.8 Å². The smallest absolute Gasteiger partial charge is 0.146 e. The molecule has 0 bridgehead atoms. The Morgan fingerprint density at radius 1 is 1.07 bits per heavy atom. The Morgan fingerprint density at radius 2 is 1.90 bits per heavy atom. The molecule has 0 unspecified atom stereocenters. The lowest BCUT2D eigenvalue weighted by Crippen LogP contribution is -2.18. The molecule has 1 fully saturated rings. The first-order valence-electron chi connectivity index (χ1n) is 9.74. The average Bonchev–Trinajstić information content (AvgIpc) is 3.11. The van der Waals surface area contributed by atoms with Crippen molar-refractivity contribution in [1.82, 2.24) is 14.5 Å². The van der Waals surface area contributed by atoms with Crippen LogP contribution in [-0.2, 0) is 6.61 Å². The van der Waals surface area contributed by atoms with Gasteiger partial charge in [-0.2, -0.15) is 0 Å². The van der Waals surface area contributed by atoms with Crippen molar-refractivity contribution >= 4 is 16.9 Å². The molecule has 2 N–H and O–H groups in total. The highest BCUT2D eigenvalue weighted by atomic mass is 16.5. The van der Waals surface area contributed by atoms with E-state index < -0.39 is 0 Å². The van der Waals surface area contributed by atoms with Gasteiger partial charge in [0.15, 0.2) is 0 Å². The van der Waals surface area contributed by atoms with Crippen molar-refractivity contribution < 1.29 is 4.74 Å². The van der Waals surface area contributed by atoms with Gasteiger partial charge in [0.25, 0.3) is 0 Å². The number of nitrogen functional groups attached to an aromatic ring is 1. The summed E-state index contributed by atoms with van der Waals surface area (Å²) in [6, 6.07) is 18.6. The molecule has 0 amide bonds. The Balaban J connectivity index is 1.51. The quantitative estimate of drug-likeness (QED) is 0.485. The molecule has 0 spiro atoms. The van der Waals surface area contributed by atoms with Crippen molar-refractivity contribution in [2.24, 2.45) is 0 Å². The molecule has 0 atom stereocenters. The van der Waals surface area contributed by atoms with Crippen molar-refractivity contribution in [2.75, 3.05) is 5.73 Å². The molecular weight excluding hydrogens is 360 g/mol. The van der Waals surface area contributed by atoms with Gasteiger partial charge in [0.2, 0.25) is 0 Å². The van der Waals surface area contributed by atoms with E-state index in [1.165, 1.54) is 11.9 Å². The molecule has 0 radical (unpaired) electrons. The lowest BCUT2D eigenvalue weighted by atomic mass is 9.88. The predicted molar refractivity (Wildman–Crippen MR) is 116 cm³/mol. The number of allylic oxidation sites excluding steroid dienone is 1. The Hall–Kier alpha value is -3.60. The Morgan fingerprint density at radius 3 is 2.69 bits per heavy atom. The lowest BCUT2D eigenvalue weighted by Gasteiger charge is -2.30. The van der Waals surface area contributed by atoms with Crippen LogP contribution in [0.15, 0.2) is 79.3 Å². The maximum Gasteiger partial charge on any atom is 0.146 e. The molecular formula is C24H22N4O. The second kappa shape index (κ2) is 7.09. The van der Waals surface area contributed by atoms with Crippen LogP contribution in [0.5, 0.6) is 5.75 Å². The van der Waals surface area contributed by atoms with E-state index in [1.54, 1.807) is 0 Å². The molecule has 29 heavy (non-hydrogen) atoms. The summed E-state index contributed by atoms with van der Waals surface area (Å²) < 4.78 is 8.23. The molecule has 5 nitrogen and oxygen atoms in total. The molecule has 0 saturated heterocycles. The molecule has 1 aliphatic carbocycles. The van der Waals surface area contributed by atoms with E-state index in [-0.39, 0.29) is 0 Å². The topological polar surface area (TPSA) is 66.0 Å². The van der Waals surface area contributed by atoms with Crippen LogP contribution in [0.3, 0.4) is 0 Å². The van der Waals surface area contributed by atoms with Gasteiger partial charge in [0.1, 0.15) is 30.1 Å². The zero-order valence-electron chi connectivity index (χ0n) is 16.1. The number of nitrogens with two attached hydrogens (primary N) is 1. The van der Waals surface area contributed by atoms with Gasteiger partial charge < -0.3 is 15.0 Å². The summed E-state index contributed by atoms with van der Waals surface area (Å²) in [5.74, 6) is 1.32. The van der Waals surface area contributed by atoms with Gasteiger partial charge in [-0.25, -0.2) is 9.97 Å². The molecule has 0 aliphatic heterocycles. The van der Waals surface area contributed by atoms with Crippen LogP contribution in [0.25, 0.3) is 22.2 Å². The lowest BCUT2D eigenvalue weighted by molar-refractivity contribution is 0.306. The molecule has 4 aromatic rings. The van der Waals surface area contributed by atoms with E-state index in [2.05, 4.69) is 45.5 Å². The van der Waals surface area contributed by atoms with Crippen LogP contribution >= 0.6 is 0 Å². The van der Waals surface area contributed by atoms with Crippen molar-refractivity contribution in [3.8, 4) is 16.9 Å². The number of hydrogen-bond donors (Lipinski definition) is 1. The molecule has 5 rings (SSSR count). The van der Waals surface area contributed by atoms with Gasteiger partial charge >= 0.3 is 0 Å². The Bertz CT molecular complexity index is 1190. The highest BCUT2D eigenvalue weighted by molar-refractivity contribution is 6.00. The first-order valence-corrected chi connectivity index (χ1v) is 9.74. The summed E-state index contributed by atoms with van der Waals surface area (Å²) in [5, 5.41) is 0.894. The summed E-state index contributed by atoms with van der Waals surface area (Å²) in [4.78, 5) is 8.75. The summed E-state index contributed by atoms with van der Waals surface area (Å²) >= 11 is 0. The largest absolute Gasteiger partial charge is 0.489 e. The van der Waals surface area contributed by atoms with Gasteiger partial charge in [-0.05, 0) is 36.1 Å². The maximum absolute atomic E-state index is 6.25. The fourth-order valence-corrected chi connectivity index (χ4v) is 3.90. The minimum atomic E-state index is 0.380. The van der Waals surface area contributed by atoms with E-state index in [9.17, 15) is 0 Å². The Labute approximate surface area is 169 Å². The molecule has 1 saturated carbocycles. The fraction of sp³-hybridized carbons (Fsp3) is 0.167. The van der Waals surface area contributed by atoms with E-state index in [1.807, 2.05) is 36.4 Å². The molecule has 144 valence electrons. The van der Waals surface area contributed by atoms with E-state index in [4.69, 9.17) is 10.5 Å². The summed E-state index contributed by atoms with van der Waals surface area (Å²) in [6.45, 7) is 4.60. The van der Waals surface area contributed by atoms with E-state index >= 15 is 0 Å². The van der Waals surface area contributed by atoms with E-state index in [0.29, 0.717) is 18.5 Å². The van der Waals surface area contributed by atoms with Crippen LogP contribution in [-0.4, -0.2) is 14.5 Å². The minimum absolute atomic E-state index is 0.380. The number of fused-ring (bicyclic) bond motifs is 1. The number of benzene rings is 2. The van der Waals surface area contributed by atoms with Crippen LogP contribution in [0.4, 0.5) is 5.82 Å². The zero-order valence-corrected chi connectivity index (χ0v) is 16.1. The molecule has 2 heterocycles. The fourth-order valence-electron chi connectivity index (χ4n) is 3.90. The van der Waals surface area contributed by atoms with Gasteiger partial charge in [-0.15, -0.1) is 0 Å². The van der Waals surface area contributed by atoms with Crippen molar-refractivity contribution in [3.63, 3.8) is 0 Å². The summed E-state index contributed by atoms with van der Waals surface area (Å²) in [7, 11) is 0.